The van der Waals surface area contributed by atoms with E-state index in [9.17, 15) is 9.36 Å². The fraction of sp³-hybridized carbons (Fsp3) is 0. The fourth-order valence-corrected chi connectivity index (χ4v) is 1.22. The molecule has 0 radical (unpaired) electrons. The molecule has 0 saturated heterocycles. The summed E-state index contributed by atoms with van der Waals surface area (Å²) in [5, 5.41) is 8.64. The zero-order chi connectivity index (χ0) is 9.14. The van der Waals surface area contributed by atoms with Gasteiger partial charge >= 0.3 is 14.0 Å². The molecule has 1 aromatic carbocycles. The highest BCUT2D eigenvalue weighted by molar-refractivity contribution is 7.47. The maximum Gasteiger partial charge on any atom is 0.546 e. The second-order valence-corrected chi connectivity index (χ2v) is 3.19. The number of carboxylic acid groups (broad SMARTS) is 1. The first-order valence-electron chi connectivity index (χ1n) is 3.11. The lowest BCUT2D eigenvalue weighted by molar-refractivity contribution is 0.0697. The smallest absolute Gasteiger partial charge is 0.478 e. The molecule has 0 aliphatic rings. The van der Waals surface area contributed by atoms with E-state index in [0.717, 1.165) is 0 Å². The molecule has 0 heterocycles. The van der Waals surface area contributed by atoms with Crippen molar-refractivity contribution in [3.05, 3.63) is 29.8 Å². The maximum atomic E-state index is 10.5. The number of benzene rings is 1. The van der Waals surface area contributed by atoms with Gasteiger partial charge in [-0.25, -0.2) is 4.79 Å². The third-order valence-corrected chi connectivity index (χ3v) is 2.03. The molecule has 1 unspecified atom stereocenters. The topological polar surface area (TPSA) is 74.6 Å². The summed E-state index contributed by atoms with van der Waals surface area (Å²) >= 11 is 0. The third kappa shape index (κ3) is 1.87. The molecular weight excluding hydrogens is 179 g/mol. The number of carboxylic acids is 1. The van der Waals surface area contributed by atoms with Crippen molar-refractivity contribution in [3.8, 4) is 0 Å². The molecule has 0 spiro atoms. The first-order chi connectivity index (χ1) is 5.61. The van der Waals surface area contributed by atoms with Gasteiger partial charge in [-0.15, -0.1) is 0 Å². The van der Waals surface area contributed by atoms with Crippen LogP contribution in [0.15, 0.2) is 24.3 Å². The molecule has 0 amide bonds. The monoisotopic (exact) mass is 185 g/mol. The molecule has 0 aliphatic carbocycles. The van der Waals surface area contributed by atoms with Crippen LogP contribution in [0.1, 0.15) is 10.4 Å². The quantitative estimate of drug-likeness (QED) is 0.666. The van der Waals surface area contributed by atoms with E-state index in [1.807, 2.05) is 0 Å². The van der Waals surface area contributed by atoms with Crippen molar-refractivity contribution in [2.75, 3.05) is 0 Å². The summed E-state index contributed by atoms with van der Waals surface area (Å²) in [7, 11) is -2.45. The lowest BCUT2D eigenvalue weighted by atomic mass is 10.2. The highest BCUT2D eigenvalue weighted by Gasteiger charge is 2.17. The average Bonchev–Trinajstić information content (AvgIpc) is 2.04. The van der Waals surface area contributed by atoms with Crippen LogP contribution in [0.2, 0.25) is 0 Å². The molecule has 0 aliphatic heterocycles. The second-order valence-electron chi connectivity index (χ2n) is 2.13. The van der Waals surface area contributed by atoms with Crippen molar-refractivity contribution in [2.24, 2.45) is 0 Å². The predicted molar refractivity (Wildman–Crippen MR) is 42.9 cm³/mol. The van der Waals surface area contributed by atoms with Crippen LogP contribution in [0.5, 0.6) is 0 Å². The molecule has 1 aromatic rings. The molecule has 5 heteroatoms. The van der Waals surface area contributed by atoms with Gasteiger partial charge in [-0.3, -0.25) is 0 Å². The van der Waals surface area contributed by atoms with Gasteiger partial charge in [-0.05, 0) is 16.7 Å². The van der Waals surface area contributed by atoms with E-state index < -0.39 is 14.0 Å². The maximum absolute atomic E-state index is 10.5. The number of hydrogen-bond acceptors (Lipinski definition) is 2. The van der Waals surface area contributed by atoms with Crippen LogP contribution in [-0.2, 0) is 4.57 Å². The standard InChI is InChI=1S/C7H5O4P/c8-7(9)5-2-1-3-6(4-5)12(10)11/h1-4H,(H-,8,9,10,11)/p+1. The molecule has 0 saturated carbocycles. The Morgan fingerprint density at radius 3 is 2.58 bits per heavy atom. The number of rotatable bonds is 2. The van der Waals surface area contributed by atoms with Crippen molar-refractivity contribution in [3.63, 3.8) is 0 Å². The molecule has 1 atom stereocenters. The lowest BCUT2D eigenvalue weighted by Gasteiger charge is -1.89. The Balaban J connectivity index is 3.12. The molecule has 4 nitrogen and oxygen atoms in total. The van der Waals surface area contributed by atoms with Crippen LogP contribution >= 0.6 is 8.03 Å². The van der Waals surface area contributed by atoms with Crippen molar-refractivity contribution in [2.45, 2.75) is 0 Å². The molecule has 2 N–H and O–H groups in total. The minimum absolute atomic E-state index is 0.0184. The zero-order valence-electron chi connectivity index (χ0n) is 5.97. The summed E-state index contributed by atoms with van der Waals surface area (Å²) in [5.41, 5.74) is 0.0184. The highest BCUT2D eigenvalue weighted by atomic mass is 31.1. The SMILES string of the molecule is O=C(O)c1cccc([P+](=O)O)c1. The average molecular weight is 185 g/mol. The summed E-state index contributed by atoms with van der Waals surface area (Å²) in [5.74, 6) is -1.10. The van der Waals surface area contributed by atoms with E-state index in [4.69, 9.17) is 10.00 Å². The van der Waals surface area contributed by atoms with Crippen molar-refractivity contribution in [1.82, 2.24) is 0 Å². The van der Waals surface area contributed by atoms with Crippen LogP contribution < -0.4 is 5.30 Å². The van der Waals surface area contributed by atoms with Gasteiger partial charge in [0, 0.05) is 6.07 Å². The largest absolute Gasteiger partial charge is 0.546 e. The fourth-order valence-electron chi connectivity index (χ4n) is 0.758. The van der Waals surface area contributed by atoms with E-state index in [2.05, 4.69) is 0 Å². The Labute approximate surface area is 69.3 Å². The van der Waals surface area contributed by atoms with E-state index in [0.29, 0.717) is 0 Å². The molecular formula is C7H6O4P+. The van der Waals surface area contributed by atoms with Crippen LogP contribution in [-0.4, -0.2) is 16.0 Å². The minimum atomic E-state index is -2.45. The molecule has 0 bridgehead atoms. The summed E-state index contributed by atoms with van der Waals surface area (Å²) in [6.45, 7) is 0. The molecule has 12 heavy (non-hydrogen) atoms. The van der Waals surface area contributed by atoms with Gasteiger partial charge in [0.05, 0.1) is 5.56 Å². The Morgan fingerprint density at radius 1 is 1.42 bits per heavy atom. The van der Waals surface area contributed by atoms with Crippen molar-refractivity contribution >= 4 is 19.3 Å². The van der Waals surface area contributed by atoms with E-state index in [1.54, 1.807) is 0 Å². The molecule has 1 rings (SSSR count). The van der Waals surface area contributed by atoms with Gasteiger partial charge in [0.2, 0.25) is 5.30 Å². The molecule has 62 valence electrons. The van der Waals surface area contributed by atoms with E-state index in [1.165, 1.54) is 24.3 Å². The Kier molecular flexibility index (Phi) is 2.53. The zero-order valence-corrected chi connectivity index (χ0v) is 6.86. The number of hydrogen-bond donors (Lipinski definition) is 2. The predicted octanol–water partition coefficient (Wildman–Crippen LogP) is 0.745. The summed E-state index contributed by atoms with van der Waals surface area (Å²) in [6.07, 6.45) is 0. The van der Waals surface area contributed by atoms with Gasteiger partial charge < -0.3 is 5.11 Å². The van der Waals surface area contributed by atoms with Crippen molar-refractivity contribution in [1.29, 1.82) is 0 Å². The highest BCUT2D eigenvalue weighted by Crippen LogP contribution is 2.13. The van der Waals surface area contributed by atoms with Gasteiger partial charge in [0.1, 0.15) is 0 Å². The van der Waals surface area contributed by atoms with Crippen LogP contribution in [0.3, 0.4) is 0 Å². The third-order valence-electron chi connectivity index (χ3n) is 1.31. The van der Waals surface area contributed by atoms with Gasteiger partial charge in [-0.1, -0.05) is 6.07 Å². The van der Waals surface area contributed by atoms with E-state index >= 15 is 0 Å². The van der Waals surface area contributed by atoms with Gasteiger partial charge in [-0.2, -0.15) is 4.89 Å². The molecule has 0 fully saturated rings. The van der Waals surface area contributed by atoms with Gasteiger partial charge in [0.15, 0.2) is 0 Å². The summed E-state index contributed by atoms with van der Waals surface area (Å²) in [4.78, 5) is 19.0. The minimum Gasteiger partial charge on any atom is -0.478 e. The Bertz CT molecular complexity index is 305. The van der Waals surface area contributed by atoms with E-state index in [-0.39, 0.29) is 10.9 Å². The normalized spacial score (nSPS) is 10.9. The summed E-state index contributed by atoms with van der Waals surface area (Å²) in [6, 6.07) is 5.39. The van der Waals surface area contributed by atoms with Crippen LogP contribution in [0.25, 0.3) is 0 Å². The van der Waals surface area contributed by atoms with Crippen molar-refractivity contribution < 1.29 is 19.4 Å². The Hall–Kier alpha value is -1.25. The Morgan fingerprint density at radius 2 is 2.08 bits per heavy atom. The first kappa shape index (κ1) is 8.84. The second kappa shape index (κ2) is 3.43. The van der Waals surface area contributed by atoms with Crippen LogP contribution in [0, 0.1) is 0 Å². The number of carbonyl (C=O) groups is 1. The first-order valence-corrected chi connectivity index (χ1v) is 4.32. The van der Waals surface area contributed by atoms with Crippen LogP contribution in [0.4, 0.5) is 0 Å². The summed E-state index contributed by atoms with van der Waals surface area (Å²) < 4.78 is 10.5. The van der Waals surface area contributed by atoms with Gasteiger partial charge in [0.25, 0.3) is 0 Å². The number of aromatic carboxylic acids is 1. The lowest BCUT2D eigenvalue weighted by Crippen LogP contribution is -2.02. The molecule has 0 aromatic heterocycles.